The average Bonchev–Trinajstić information content (AvgIpc) is 3.24. The standard InChI is InChI=1S/C25H19F6N3O3/c1-14(37-17-5-3-2-4-6-17)23(35)32-22-19-12-18(9-10-21(19)33-34-22)36-13-15-7-8-16(24(26,27)28)11-20(15)25(29,30)31/h2-12,14H,13H2,1H3,(H2,32,33,34,35). The summed E-state index contributed by atoms with van der Waals surface area (Å²) in [5.74, 6) is 0.253. The van der Waals surface area contributed by atoms with Gasteiger partial charge in [0.2, 0.25) is 0 Å². The summed E-state index contributed by atoms with van der Waals surface area (Å²) in [5.41, 5.74) is -2.81. The molecular weight excluding hydrogens is 504 g/mol. The van der Waals surface area contributed by atoms with Crippen molar-refractivity contribution in [1.29, 1.82) is 0 Å². The molecule has 194 valence electrons. The topological polar surface area (TPSA) is 76.2 Å². The second-order valence-electron chi connectivity index (χ2n) is 8.00. The van der Waals surface area contributed by atoms with Crippen LogP contribution in [-0.2, 0) is 23.8 Å². The molecule has 0 spiro atoms. The number of anilines is 1. The average molecular weight is 523 g/mol. The first kappa shape index (κ1) is 25.9. The smallest absolute Gasteiger partial charge is 0.416 e. The molecule has 0 bridgehead atoms. The number of carbonyl (C=O) groups excluding carboxylic acids is 1. The molecule has 0 saturated carbocycles. The van der Waals surface area contributed by atoms with Crippen molar-refractivity contribution in [3.8, 4) is 11.5 Å². The number of amides is 1. The fourth-order valence-corrected chi connectivity index (χ4v) is 3.46. The number of aromatic nitrogens is 2. The SMILES string of the molecule is CC(Oc1ccccc1)C(=O)Nc1n[nH]c2ccc(OCc3ccc(C(F)(F)F)cc3C(F)(F)F)cc12. The molecule has 12 heteroatoms. The van der Waals surface area contributed by atoms with Gasteiger partial charge in [-0.2, -0.15) is 31.4 Å². The quantitative estimate of drug-likeness (QED) is 0.268. The molecule has 6 nitrogen and oxygen atoms in total. The highest BCUT2D eigenvalue weighted by molar-refractivity contribution is 6.01. The molecule has 2 N–H and O–H groups in total. The first-order valence-electron chi connectivity index (χ1n) is 10.8. The Balaban J connectivity index is 1.50. The summed E-state index contributed by atoms with van der Waals surface area (Å²) in [5, 5.41) is 9.78. The van der Waals surface area contributed by atoms with E-state index in [1.54, 1.807) is 37.3 Å². The second-order valence-corrected chi connectivity index (χ2v) is 8.00. The molecule has 1 atom stereocenters. The molecule has 0 radical (unpaired) electrons. The van der Waals surface area contributed by atoms with E-state index in [9.17, 15) is 31.1 Å². The van der Waals surface area contributed by atoms with Crippen molar-refractivity contribution in [3.05, 3.63) is 83.4 Å². The number of nitrogens with one attached hydrogen (secondary N) is 2. The zero-order valence-electron chi connectivity index (χ0n) is 19.1. The summed E-state index contributed by atoms with van der Waals surface area (Å²) in [6.07, 6.45) is -10.8. The van der Waals surface area contributed by atoms with Gasteiger partial charge in [-0.3, -0.25) is 9.89 Å². The van der Waals surface area contributed by atoms with E-state index in [-0.39, 0.29) is 17.6 Å². The molecule has 0 aliphatic rings. The second kappa shape index (κ2) is 10.0. The number of alkyl halides is 6. The number of hydrogen-bond donors (Lipinski definition) is 2. The van der Waals surface area contributed by atoms with Gasteiger partial charge in [0.1, 0.15) is 18.1 Å². The molecule has 0 fully saturated rings. The number of carbonyl (C=O) groups is 1. The first-order chi connectivity index (χ1) is 17.4. The molecule has 0 aliphatic heterocycles. The van der Waals surface area contributed by atoms with E-state index in [1.165, 1.54) is 18.2 Å². The number of para-hydroxylation sites is 1. The van der Waals surface area contributed by atoms with E-state index in [2.05, 4.69) is 15.5 Å². The maximum absolute atomic E-state index is 13.4. The van der Waals surface area contributed by atoms with Gasteiger partial charge in [-0.1, -0.05) is 24.3 Å². The summed E-state index contributed by atoms with van der Waals surface area (Å²) >= 11 is 0. The third-order valence-corrected chi connectivity index (χ3v) is 5.34. The van der Waals surface area contributed by atoms with Gasteiger partial charge in [-0.05, 0) is 49.4 Å². The monoisotopic (exact) mass is 523 g/mol. The zero-order valence-corrected chi connectivity index (χ0v) is 19.1. The van der Waals surface area contributed by atoms with Gasteiger partial charge < -0.3 is 14.8 Å². The summed E-state index contributed by atoms with van der Waals surface area (Å²) < 4.78 is 89.9. The van der Waals surface area contributed by atoms with Gasteiger partial charge in [0.15, 0.2) is 11.9 Å². The predicted octanol–water partition coefficient (Wildman–Crippen LogP) is 6.59. The van der Waals surface area contributed by atoms with E-state index < -0.39 is 47.7 Å². The van der Waals surface area contributed by atoms with E-state index in [1.807, 2.05) is 0 Å². The van der Waals surface area contributed by atoms with Crippen molar-refractivity contribution >= 4 is 22.6 Å². The van der Waals surface area contributed by atoms with Crippen molar-refractivity contribution < 1.29 is 40.6 Å². The van der Waals surface area contributed by atoms with Crippen molar-refractivity contribution in [2.45, 2.75) is 32.0 Å². The highest BCUT2D eigenvalue weighted by atomic mass is 19.4. The van der Waals surface area contributed by atoms with Gasteiger partial charge in [0, 0.05) is 10.9 Å². The van der Waals surface area contributed by atoms with Crippen LogP contribution in [-0.4, -0.2) is 22.2 Å². The number of H-pyrrole nitrogens is 1. The minimum Gasteiger partial charge on any atom is -0.489 e. The van der Waals surface area contributed by atoms with E-state index in [0.29, 0.717) is 22.7 Å². The molecule has 0 saturated heterocycles. The summed E-state index contributed by atoms with van der Waals surface area (Å²) in [4.78, 5) is 12.6. The number of hydrogen-bond acceptors (Lipinski definition) is 4. The van der Waals surface area contributed by atoms with Crippen LogP contribution in [0.1, 0.15) is 23.6 Å². The Bertz CT molecular complexity index is 1400. The third-order valence-electron chi connectivity index (χ3n) is 5.34. The molecule has 4 aromatic rings. The van der Waals surface area contributed by atoms with Gasteiger partial charge >= 0.3 is 12.4 Å². The number of ether oxygens (including phenoxy) is 2. The fraction of sp³-hybridized carbons (Fsp3) is 0.200. The lowest BCUT2D eigenvalue weighted by Gasteiger charge is -2.16. The Kier molecular flexibility index (Phi) is 7.01. The zero-order chi connectivity index (χ0) is 26.8. The van der Waals surface area contributed by atoms with Crippen LogP contribution in [0.25, 0.3) is 10.9 Å². The van der Waals surface area contributed by atoms with Gasteiger partial charge in [0.25, 0.3) is 5.91 Å². The van der Waals surface area contributed by atoms with Crippen LogP contribution < -0.4 is 14.8 Å². The lowest BCUT2D eigenvalue weighted by atomic mass is 10.0. The van der Waals surface area contributed by atoms with Gasteiger partial charge in [0.05, 0.1) is 16.6 Å². The Hall–Kier alpha value is -4.22. The molecule has 1 amide bonds. The fourth-order valence-electron chi connectivity index (χ4n) is 3.46. The molecular formula is C25H19F6N3O3. The lowest BCUT2D eigenvalue weighted by Crippen LogP contribution is -2.30. The molecule has 1 aromatic heterocycles. The molecule has 0 aliphatic carbocycles. The molecule has 4 rings (SSSR count). The van der Waals surface area contributed by atoms with Crippen LogP contribution in [0.5, 0.6) is 11.5 Å². The molecule has 1 unspecified atom stereocenters. The van der Waals surface area contributed by atoms with Crippen molar-refractivity contribution in [3.63, 3.8) is 0 Å². The highest BCUT2D eigenvalue weighted by Crippen LogP contribution is 2.38. The molecule has 3 aromatic carbocycles. The third kappa shape index (κ3) is 6.13. The maximum atomic E-state index is 13.4. The number of aromatic amines is 1. The molecule has 1 heterocycles. The lowest BCUT2D eigenvalue weighted by molar-refractivity contribution is -0.143. The summed E-state index contributed by atoms with van der Waals surface area (Å²) in [6.45, 7) is 0.911. The van der Waals surface area contributed by atoms with Crippen molar-refractivity contribution in [2.75, 3.05) is 5.32 Å². The van der Waals surface area contributed by atoms with Crippen LogP contribution in [0.2, 0.25) is 0 Å². The van der Waals surface area contributed by atoms with E-state index >= 15 is 0 Å². The normalized spacial score (nSPS) is 12.8. The summed E-state index contributed by atoms with van der Waals surface area (Å²) in [6, 6.07) is 14.5. The largest absolute Gasteiger partial charge is 0.489 e. The van der Waals surface area contributed by atoms with Crippen LogP contribution in [0.3, 0.4) is 0 Å². The van der Waals surface area contributed by atoms with Crippen LogP contribution in [0, 0.1) is 0 Å². The minimum atomic E-state index is -5.01. The molecule has 37 heavy (non-hydrogen) atoms. The Morgan fingerprint density at radius 3 is 2.35 bits per heavy atom. The van der Waals surface area contributed by atoms with Crippen LogP contribution >= 0.6 is 0 Å². The van der Waals surface area contributed by atoms with Crippen molar-refractivity contribution in [2.24, 2.45) is 0 Å². The number of benzene rings is 3. The number of nitrogens with zero attached hydrogens (tertiary/aromatic N) is 1. The van der Waals surface area contributed by atoms with E-state index in [4.69, 9.17) is 9.47 Å². The highest BCUT2D eigenvalue weighted by Gasteiger charge is 2.38. The number of fused-ring (bicyclic) bond motifs is 1. The van der Waals surface area contributed by atoms with Gasteiger partial charge in [-0.15, -0.1) is 0 Å². The first-order valence-corrected chi connectivity index (χ1v) is 10.8. The Morgan fingerprint density at radius 1 is 0.946 bits per heavy atom. The number of halogens is 6. The van der Waals surface area contributed by atoms with Crippen LogP contribution in [0.4, 0.5) is 32.2 Å². The predicted molar refractivity (Wildman–Crippen MR) is 122 cm³/mol. The minimum absolute atomic E-state index is 0.0598. The Labute approximate surface area is 206 Å². The van der Waals surface area contributed by atoms with Crippen molar-refractivity contribution in [1.82, 2.24) is 10.2 Å². The van der Waals surface area contributed by atoms with Gasteiger partial charge in [-0.25, -0.2) is 0 Å². The maximum Gasteiger partial charge on any atom is 0.416 e. The van der Waals surface area contributed by atoms with Crippen LogP contribution in [0.15, 0.2) is 66.7 Å². The van der Waals surface area contributed by atoms with E-state index in [0.717, 1.165) is 6.07 Å². The summed E-state index contributed by atoms with van der Waals surface area (Å²) in [7, 11) is 0. The number of rotatable bonds is 7. The Morgan fingerprint density at radius 2 is 1.68 bits per heavy atom.